The number of fused-ring (bicyclic) bond motifs is 1. The average Bonchev–Trinajstić information content (AvgIpc) is 2.93. The summed E-state index contributed by atoms with van der Waals surface area (Å²) in [6.45, 7) is 0.525. The fourth-order valence-electron chi connectivity index (χ4n) is 2.70. The number of aryl methyl sites for hydroxylation is 1. The molecule has 0 saturated carbocycles. The van der Waals surface area contributed by atoms with Gasteiger partial charge < -0.3 is 10.6 Å². The standard InChI is InChI=1S/C15H16F3N5O/c16-15(17,18)7-10-2-1-3-11(6-10)21-14(24)22-12-4-5-13-19-9-20-23(13)8-12/h1-3,6,9,12H,4-5,7-8H2,(H2,21,22,24). The zero-order valence-corrected chi connectivity index (χ0v) is 12.7. The lowest BCUT2D eigenvalue weighted by Crippen LogP contribution is -2.43. The summed E-state index contributed by atoms with van der Waals surface area (Å²) in [5.74, 6) is 0.883. The van der Waals surface area contributed by atoms with E-state index in [4.69, 9.17) is 0 Å². The number of urea groups is 1. The number of rotatable bonds is 3. The molecule has 2 heterocycles. The van der Waals surface area contributed by atoms with E-state index < -0.39 is 18.6 Å². The first-order valence-electron chi connectivity index (χ1n) is 7.49. The Bertz CT molecular complexity index is 728. The number of benzene rings is 1. The number of hydrogen-bond donors (Lipinski definition) is 2. The molecule has 2 N–H and O–H groups in total. The van der Waals surface area contributed by atoms with E-state index in [2.05, 4.69) is 20.7 Å². The van der Waals surface area contributed by atoms with Crippen molar-refractivity contribution >= 4 is 11.7 Å². The predicted octanol–water partition coefficient (Wildman–Crippen LogP) is 2.52. The number of carbonyl (C=O) groups is 1. The number of nitrogens with zero attached hydrogens (tertiary/aromatic N) is 3. The second kappa shape index (κ2) is 6.50. The molecule has 24 heavy (non-hydrogen) atoms. The average molecular weight is 339 g/mol. The summed E-state index contributed by atoms with van der Waals surface area (Å²) < 4.78 is 39.0. The Morgan fingerprint density at radius 2 is 2.21 bits per heavy atom. The summed E-state index contributed by atoms with van der Waals surface area (Å²) in [4.78, 5) is 16.1. The van der Waals surface area contributed by atoms with Crippen LogP contribution in [0, 0.1) is 0 Å². The van der Waals surface area contributed by atoms with Crippen LogP contribution in [-0.4, -0.2) is 33.0 Å². The Kier molecular flexibility index (Phi) is 4.41. The van der Waals surface area contributed by atoms with Gasteiger partial charge in [0.05, 0.1) is 19.0 Å². The topological polar surface area (TPSA) is 71.8 Å². The lowest BCUT2D eigenvalue weighted by Gasteiger charge is -2.23. The molecule has 1 aromatic carbocycles. The predicted molar refractivity (Wildman–Crippen MR) is 80.5 cm³/mol. The van der Waals surface area contributed by atoms with Crippen LogP contribution >= 0.6 is 0 Å². The highest BCUT2D eigenvalue weighted by Crippen LogP contribution is 2.23. The second-order valence-corrected chi connectivity index (χ2v) is 5.68. The van der Waals surface area contributed by atoms with Crippen LogP contribution in [0.1, 0.15) is 17.8 Å². The summed E-state index contributed by atoms with van der Waals surface area (Å²) in [7, 11) is 0. The molecular weight excluding hydrogens is 323 g/mol. The van der Waals surface area contributed by atoms with Crippen molar-refractivity contribution in [2.45, 2.75) is 38.0 Å². The third-order valence-electron chi connectivity index (χ3n) is 3.73. The summed E-state index contributed by atoms with van der Waals surface area (Å²) >= 11 is 0. The van der Waals surface area contributed by atoms with E-state index in [1.54, 1.807) is 10.7 Å². The van der Waals surface area contributed by atoms with E-state index in [1.807, 2.05) is 0 Å². The molecule has 1 atom stereocenters. The van der Waals surface area contributed by atoms with Gasteiger partial charge in [0.2, 0.25) is 0 Å². The van der Waals surface area contributed by atoms with Crippen molar-refractivity contribution in [1.29, 1.82) is 0 Å². The zero-order chi connectivity index (χ0) is 17.2. The zero-order valence-electron chi connectivity index (χ0n) is 12.7. The van der Waals surface area contributed by atoms with Crippen LogP contribution in [-0.2, 0) is 19.4 Å². The fraction of sp³-hybridized carbons (Fsp3) is 0.400. The van der Waals surface area contributed by atoms with Gasteiger partial charge in [-0.2, -0.15) is 18.3 Å². The maximum absolute atomic E-state index is 12.4. The Morgan fingerprint density at radius 1 is 1.38 bits per heavy atom. The van der Waals surface area contributed by atoms with Crippen LogP contribution in [0.2, 0.25) is 0 Å². The maximum Gasteiger partial charge on any atom is 0.393 e. The summed E-state index contributed by atoms with van der Waals surface area (Å²) in [5.41, 5.74) is 0.428. The van der Waals surface area contributed by atoms with Crippen LogP contribution in [0.25, 0.3) is 0 Å². The number of halogens is 3. The minimum absolute atomic E-state index is 0.0995. The first-order chi connectivity index (χ1) is 11.4. The second-order valence-electron chi connectivity index (χ2n) is 5.68. The van der Waals surface area contributed by atoms with Crippen molar-refractivity contribution in [3.05, 3.63) is 42.0 Å². The molecule has 9 heteroatoms. The van der Waals surface area contributed by atoms with Crippen molar-refractivity contribution in [3.63, 3.8) is 0 Å². The fourth-order valence-corrected chi connectivity index (χ4v) is 2.70. The first-order valence-corrected chi connectivity index (χ1v) is 7.49. The molecule has 0 bridgehead atoms. The molecule has 0 fully saturated rings. The van der Waals surface area contributed by atoms with Gasteiger partial charge in [-0.15, -0.1) is 0 Å². The van der Waals surface area contributed by atoms with Crippen LogP contribution in [0.15, 0.2) is 30.6 Å². The number of amides is 2. The number of nitrogens with one attached hydrogen (secondary N) is 2. The molecule has 128 valence electrons. The number of alkyl halides is 3. The lowest BCUT2D eigenvalue weighted by atomic mass is 10.1. The van der Waals surface area contributed by atoms with E-state index in [0.717, 1.165) is 12.2 Å². The van der Waals surface area contributed by atoms with Gasteiger partial charge in [-0.1, -0.05) is 12.1 Å². The SMILES string of the molecule is O=C(Nc1cccc(CC(F)(F)F)c1)NC1CCc2ncnn2C1. The highest BCUT2D eigenvalue weighted by molar-refractivity contribution is 5.89. The van der Waals surface area contributed by atoms with Crippen LogP contribution < -0.4 is 10.6 Å². The molecule has 2 aromatic rings. The van der Waals surface area contributed by atoms with E-state index in [-0.39, 0.29) is 11.6 Å². The Labute approximate surface area is 136 Å². The Hall–Kier alpha value is -2.58. The van der Waals surface area contributed by atoms with Crippen LogP contribution in [0.4, 0.5) is 23.7 Å². The van der Waals surface area contributed by atoms with Gasteiger partial charge in [-0.3, -0.25) is 0 Å². The van der Waals surface area contributed by atoms with E-state index in [1.165, 1.54) is 24.5 Å². The third-order valence-corrected chi connectivity index (χ3v) is 3.73. The Morgan fingerprint density at radius 3 is 3.00 bits per heavy atom. The van der Waals surface area contributed by atoms with Crippen molar-refractivity contribution in [3.8, 4) is 0 Å². The van der Waals surface area contributed by atoms with Crippen molar-refractivity contribution in [2.75, 3.05) is 5.32 Å². The normalized spacial score (nSPS) is 17.2. The molecule has 1 aliphatic heterocycles. The smallest absolute Gasteiger partial charge is 0.333 e. The highest BCUT2D eigenvalue weighted by atomic mass is 19.4. The van der Waals surface area contributed by atoms with Crippen molar-refractivity contribution < 1.29 is 18.0 Å². The molecule has 0 saturated heterocycles. The van der Waals surface area contributed by atoms with Gasteiger partial charge >= 0.3 is 12.2 Å². The van der Waals surface area contributed by atoms with Crippen LogP contribution in [0.5, 0.6) is 0 Å². The molecule has 0 radical (unpaired) electrons. The van der Waals surface area contributed by atoms with Crippen molar-refractivity contribution in [1.82, 2.24) is 20.1 Å². The number of anilines is 1. The van der Waals surface area contributed by atoms with Gasteiger partial charge in [0.1, 0.15) is 12.2 Å². The lowest BCUT2D eigenvalue weighted by molar-refractivity contribution is -0.127. The van der Waals surface area contributed by atoms with E-state index in [0.29, 0.717) is 18.7 Å². The summed E-state index contributed by atoms with van der Waals surface area (Å²) in [5, 5.41) is 9.45. The molecule has 6 nitrogen and oxygen atoms in total. The molecule has 0 aliphatic carbocycles. The number of carbonyl (C=O) groups excluding carboxylic acids is 1. The van der Waals surface area contributed by atoms with Gasteiger partial charge in [-0.25, -0.2) is 14.5 Å². The first kappa shape index (κ1) is 16.3. The van der Waals surface area contributed by atoms with Crippen LogP contribution in [0.3, 0.4) is 0 Å². The third kappa shape index (κ3) is 4.24. The summed E-state index contributed by atoms with van der Waals surface area (Å²) in [6.07, 6.45) is -2.38. The van der Waals surface area contributed by atoms with Gasteiger partial charge in [0, 0.05) is 12.1 Å². The van der Waals surface area contributed by atoms with Gasteiger partial charge in [0.15, 0.2) is 0 Å². The molecule has 0 spiro atoms. The highest BCUT2D eigenvalue weighted by Gasteiger charge is 2.27. The quantitative estimate of drug-likeness (QED) is 0.903. The molecule has 3 rings (SSSR count). The van der Waals surface area contributed by atoms with E-state index in [9.17, 15) is 18.0 Å². The number of hydrogen-bond acceptors (Lipinski definition) is 3. The maximum atomic E-state index is 12.4. The minimum Gasteiger partial charge on any atom is -0.333 e. The summed E-state index contributed by atoms with van der Waals surface area (Å²) in [6, 6.07) is 5.19. The molecule has 1 aromatic heterocycles. The Balaban J connectivity index is 1.56. The minimum atomic E-state index is -4.28. The van der Waals surface area contributed by atoms with Gasteiger partial charge in [0.25, 0.3) is 0 Å². The largest absolute Gasteiger partial charge is 0.393 e. The van der Waals surface area contributed by atoms with Crippen molar-refractivity contribution in [2.24, 2.45) is 0 Å². The molecule has 1 unspecified atom stereocenters. The number of aromatic nitrogens is 3. The molecule has 2 amide bonds. The van der Waals surface area contributed by atoms with Gasteiger partial charge in [-0.05, 0) is 24.1 Å². The van der Waals surface area contributed by atoms with E-state index >= 15 is 0 Å². The molecular formula is C15H16F3N5O. The molecule has 1 aliphatic rings. The monoisotopic (exact) mass is 339 g/mol.